The Kier molecular flexibility index (Phi) is 7.27. The van der Waals surface area contributed by atoms with E-state index in [1.54, 1.807) is 37.7 Å². The van der Waals surface area contributed by atoms with Crippen LogP contribution in [0.25, 0.3) is 33.7 Å². The normalized spacial score (nSPS) is 11.9. The van der Waals surface area contributed by atoms with E-state index in [1.807, 2.05) is 12.1 Å². The molecule has 0 aliphatic carbocycles. The summed E-state index contributed by atoms with van der Waals surface area (Å²) >= 11 is 0. The predicted octanol–water partition coefficient (Wildman–Crippen LogP) is 5.90. The monoisotopic (exact) mass is 502 g/mol. The van der Waals surface area contributed by atoms with E-state index in [2.05, 4.69) is 15.2 Å². The molecule has 0 aliphatic heterocycles. The summed E-state index contributed by atoms with van der Waals surface area (Å²) in [6.07, 6.45) is -2.44. The number of nitrogens with zero attached hydrogens (tertiary/aromatic N) is 4. The molecule has 4 aromatic rings. The minimum Gasteiger partial charge on any atom is -0.490 e. The Morgan fingerprint density at radius 3 is 2.64 bits per heavy atom. The first-order valence-corrected chi connectivity index (χ1v) is 11.5. The van der Waals surface area contributed by atoms with Crippen LogP contribution in [0.3, 0.4) is 0 Å². The molecule has 0 amide bonds. The predicted molar refractivity (Wildman–Crippen MR) is 125 cm³/mol. The molecular weight excluding hydrogens is 477 g/mol. The number of fused-ring (bicyclic) bond motifs is 1. The number of carbonyl (C=O) groups excluding carboxylic acids is 1. The number of halogens is 3. The number of rotatable bonds is 9. The van der Waals surface area contributed by atoms with Gasteiger partial charge in [-0.25, -0.2) is 0 Å². The third-order valence-corrected chi connectivity index (χ3v) is 5.28. The third-order valence-electron chi connectivity index (χ3n) is 5.28. The zero-order valence-electron chi connectivity index (χ0n) is 20.0. The number of benzene rings is 2. The molecule has 8 nitrogen and oxygen atoms in total. The topological polar surface area (TPSA) is 92.3 Å². The lowest BCUT2D eigenvalue weighted by molar-refractivity contribution is -0.143. The second kappa shape index (κ2) is 10.4. The molecule has 190 valence electrons. The molecular formula is C25H25F3N4O4. The van der Waals surface area contributed by atoms with Crippen LogP contribution in [0.4, 0.5) is 13.2 Å². The van der Waals surface area contributed by atoms with E-state index in [4.69, 9.17) is 14.0 Å². The summed E-state index contributed by atoms with van der Waals surface area (Å²) in [6, 6.07) is 9.09. The Hall–Kier alpha value is -3.89. The summed E-state index contributed by atoms with van der Waals surface area (Å²) in [4.78, 5) is 15.8. The van der Waals surface area contributed by atoms with E-state index in [1.165, 1.54) is 12.1 Å². The molecule has 0 unspecified atom stereocenters. The van der Waals surface area contributed by atoms with Gasteiger partial charge in [0.15, 0.2) is 0 Å². The fraction of sp³-hybridized carbons (Fsp3) is 0.360. The summed E-state index contributed by atoms with van der Waals surface area (Å²) in [5.41, 5.74) is 0.708. The van der Waals surface area contributed by atoms with E-state index < -0.39 is 17.8 Å². The molecule has 11 heteroatoms. The van der Waals surface area contributed by atoms with Crippen molar-refractivity contribution in [3.63, 3.8) is 0 Å². The van der Waals surface area contributed by atoms with Crippen molar-refractivity contribution in [2.45, 2.75) is 52.4 Å². The maximum absolute atomic E-state index is 13.6. The number of aryl methyl sites for hydroxylation is 1. The number of ether oxygens (including phenoxy) is 2. The number of esters is 1. The molecule has 0 fully saturated rings. The van der Waals surface area contributed by atoms with Crippen molar-refractivity contribution in [1.29, 1.82) is 0 Å². The van der Waals surface area contributed by atoms with Crippen molar-refractivity contribution in [2.75, 3.05) is 6.61 Å². The molecule has 2 heterocycles. The van der Waals surface area contributed by atoms with Crippen LogP contribution in [0, 0.1) is 0 Å². The minimum atomic E-state index is -4.61. The average molecular weight is 502 g/mol. The highest BCUT2D eigenvalue weighted by atomic mass is 19.4. The Morgan fingerprint density at radius 2 is 1.92 bits per heavy atom. The van der Waals surface area contributed by atoms with E-state index in [9.17, 15) is 18.0 Å². The lowest BCUT2D eigenvalue weighted by atomic mass is 10.1. The second-order valence-electron chi connectivity index (χ2n) is 8.35. The van der Waals surface area contributed by atoms with Crippen LogP contribution in [0.15, 0.2) is 47.1 Å². The van der Waals surface area contributed by atoms with Gasteiger partial charge < -0.3 is 14.0 Å². The number of hydrogen-bond acceptors (Lipinski definition) is 7. The highest BCUT2D eigenvalue weighted by molar-refractivity contribution is 5.83. The van der Waals surface area contributed by atoms with Crippen LogP contribution in [-0.2, 0) is 22.3 Å². The van der Waals surface area contributed by atoms with Crippen molar-refractivity contribution in [3.8, 4) is 28.6 Å². The van der Waals surface area contributed by atoms with Gasteiger partial charge in [-0.05, 0) is 63.6 Å². The fourth-order valence-electron chi connectivity index (χ4n) is 3.71. The van der Waals surface area contributed by atoms with Gasteiger partial charge >= 0.3 is 12.1 Å². The molecule has 0 aliphatic rings. The summed E-state index contributed by atoms with van der Waals surface area (Å²) in [5, 5.41) is 9.14. The van der Waals surface area contributed by atoms with E-state index in [0.29, 0.717) is 31.6 Å². The fourth-order valence-corrected chi connectivity index (χ4v) is 3.71. The second-order valence-corrected chi connectivity index (χ2v) is 8.35. The zero-order chi connectivity index (χ0) is 25.9. The van der Waals surface area contributed by atoms with Crippen molar-refractivity contribution in [3.05, 3.63) is 48.2 Å². The van der Waals surface area contributed by atoms with Crippen LogP contribution in [0.2, 0.25) is 0 Å². The van der Waals surface area contributed by atoms with Crippen molar-refractivity contribution >= 4 is 16.9 Å². The van der Waals surface area contributed by atoms with Crippen molar-refractivity contribution < 1.29 is 32.0 Å². The Bertz CT molecular complexity index is 1360. The number of hydrogen-bond donors (Lipinski definition) is 0. The van der Waals surface area contributed by atoms with Gasteiger partial charge in [-0.1, -0.05) is 5.16 Å². The molecule has 0 N–H and O–H groups in total. The number of carbonyl (C=O) groups is 1. The first-order valence-electron chi connectivity index (χ1n) is 11.5. The number of alkyl halides is 3. The Labute approximate surface area is 205 Å². The van der Waals surface area contributed by atoms with E-state index in [0.717, 1.165) is 17.0 Å². The molecule has 4 rings (SSSR count). The number of aromatic nitrogens is 4. The van der Waals surface area contributed by atoms with Gasteiger partial charge in [0.2, 0.25) is 5.82 Å². The van der Waals surface area contributed by atoms with E-state index >= 15 is 0 Å². The van der Waals surface area contributed by atoms with Crippen LogP contribution in [0.5, 0.6) is 5.75 Å². The van der Waals surface area contributed by atoms with Crippen LogP contribution in [-0.4, -0.2) is 38.6 Å². The largest absolute Gasteiger partial charge is 0.490 e. The Morgan fingerprint density at radius 1 is 1.14 bits per heavy atom. The van der Waals surface area contributed by atoms with Gasteiger partial charge in [0.05, 0.1) is 30.0 Å². The SMILES string of the molecule is CCOC(=O)CCCn1ncc2cc(-c3noc(-c4ccc(OC(C)C)c(C(F)(F)F)c4)n3)ccc21. The lowest BCUT2D eigenvalue weighted by Crippen LogP contribution is -2.13. The first-order chi connectivity index (χ1) is 17.2. The zero-order valence-corrected chi connectivity index (χ0v) is 20.0. The summed E-state index contributed by atoms with van der Waals surface area (Å²) in [6.45, 7) is 5.98. The van der Waals surface area contributed by atoms with Gasteiger partial charge in [0.25, 0.3) is 5.89 Å². The third kappa shape index (κ3) is 5.67. The van der Waals surface area contributed by atoms with Gasteiger partial charge in [0.1, 0.15) is 5.75 Å². The van der Waals surface area contributed by atoms with Crippen molar-refractivity contribution in [2.24, 2.45) is 0 Å². The van der Waals surface area contributed by atoms with Crippen LogP contribution >= 0.6 is 0 Å². The maximum atomic E-state index is 13.6. The molecule has 0 saturated heterocycles. The molecule has 36 heavy (non-hydrogen) atoms. The van der Waals surface area contributed by atoms with E-state index in [-0.39, 0.29) is 29.0 Å². The highest BCUT2D eigenvalue weighted by Crippen LogP contribution is 2.39. The Balaban J connectivity index is 1.54. The molecule has 0 atom stereocenters. The van der Waals surface area contributed by atoms with Crippen LogP contribution < -0.4 is 4.74 Å². The summed E-state index contributed by atoms with van der Waals surface area (Å²) in [7, 11) is 0. The van der Waals surface area contributed by atoms with Gasteiger partial charge in [-0.15, -0.1) is 0 Å². The molecule has 0 bridgehead atoms. The van der Waals surface area contributed by atoms with Gasteiger partial charge in [0, 0.05) is 29.5 Å². The van der Waals surface area contributed by atoms with Gasteiger partial charge in [-0.3, -0.25) is 9.48 Å². The standard InChI is InChI=1S/C25H25F3N4O4/c1-4-34-22(33)6-5-11-32-20-9-7-16(12-18(20)14-29-32)23-30-24(36-31-23)17-8-10-21(35-15(2)3)19(13-17)25(26,27)28/h7-10,12-15H,4-6,11H2,1-3H3. The highest BCUT2D eigenvalue weighted by Gasteiger charge is 2.35. The summed E-state index contributed by atoms with van der Waals surface area (Å²) in [5.74, 6) is -0.307. The lowest BCUT2D eigenvalue weighted by Gasteiger charge is -2.16. The maximum Gasteiger partial charge on any atom is 0.419 e. The first kappa shape index (κ1) is 25.2. The average Bonchev–Trinajstić information content (AvgIpc) is 3.46. The van der Waals surface area contributed by atoms with Crippen molar-refractivity contribution in [1.82, 2.24) is 19.9 Å². The molecule has 0 radical (unpaired) electrons. The molecule has 2 aromatic carbocycles. The summed E-state index contributed by atoms with van der Waals surface area (Å²) < 4.78 is 58.1. The smallest absolute Gasteiger partial charge is 0.419 e. The van der Waals surface area contributed by atoms with Gasteiger partial charge in [-0.2, -0.15) is 23.3 Å². The minimum absolute atomic E-state index is 0.0404. The molecule has 0 saturated carbocycles. The van der Waals surface area contributed by atoms with Crippen LogP contribution in [0.1, 0.15) is 39.2 Å². The molecule has 0 spiro atoms. The molecule has 2 aromatic heterocycles. The quantitative estimate of drug-likeness (QED) is 0.263.